The Balaban J connectivity index is 2.03. The lowest BCUT2D eigenvalue weighted by Crippen LogP contribution is -2.44. The molecule has 2 aromatic rings. The minimum atomic E-state index is -1.01. The van der Waals surface area contributed by atoms with E-state index in [-0.39, 0.29) is 17.6 Å². The third-order valence-corrected chi connectivity index (χ3v) is 4.13. The Kier molecular flexibility index (Phi) is 4.62. The Morgan fingerprint density at radius 1 is 1.04 bits per heavy atom. The van der Waals surface area contributed by atoms with Gasteiger partial charge in [-0.2, -0.15) is 0 Å². The molecule has 5 nitrogen and oxygen atoms in total. The van der Waals surface area contributed by atoms with E-state index in [0.717, 1.165) is 0 Å². The van der Waals surface area contributed by atoms with Crippen LogP contribution < -0.4 is 0 Å². The van der Waals surface area contributed by atoms with Crippen LogP contribution in [0.5, 0.6) is 0 Å². The fraction of sp³-hybridized carbons (Fsp3) is 0.263. The number of aromatic carboxylic acids is 1. The number of carboxylic acids is 1. The van der Waals surface area contributed by atoms with E-state index < -0.39 is 5.97 Å². The molecule has 0 spiro atoms. The lowest BCUT2D eigenvalue weighted by molar-refractivity contribution is -0.0123. The first-order valence-electron chi connectivity index (χ1n) is 7.90. The smallest absolute Gasteiger partial charge is 0.336 e. The highest BCUT2D eigenvalue weighted by Gasteiger charge is 2.25. The molecular formula is C19H19NO4. The van der Waals surface area contributed by atoms with E-state index in [1.54, 1.807) is 47.4 Å². The van der Waals surface area contributed by atoms with Crippen molar-refractivity contribution in [3.05, 3.63) is 59.7 Å². The Hall–Kier alpha value is -2.66. The molecule has 0 radical (unpaired) electrons. The van der Waals surface area contributed by atoms with E-state index in [1.165, 1.54) is 0 Å². The molecular weight excluding hydrogens is 306 g/mol. The highest BCUT2D eigenvalue weighted by atomic mass is 16.5. The molecule has 1 atom stereocenters. The molecule has 0 saturated carbocycles. The minimum Gasteiger partial charge on any atom is -0.478 e. The fourth-order valence-electron chi connectivity index (χ4n) is 2.98. The normalized spacial score (nSPS) is 17.5. The summed E-state index contributed by atoms with van der Waals surface area (Å²) in [6.07, 6.45) is 0.00108. The minimum absolute atomic E-state index is 0.00108. The third-order valence-electron chi connectivity index (χ3n) is 4.13. The number of hydrogen-bond donors (Lipinski definition) is 1. The van der Waals surface area contributed by atoms with Gasteiger partial charge in [0, 0.05) is 18.7 Å². The first kappa shape index (κ1) is 16.2. The molecule has 24 heavy (non-hydrogen) atoms. The van der Waals surface area contributed by atoms with Crippen molar-refractivity contribution in [3.8, 4) is 11.1 Å². The molecule has 1 saturated heterocycles. The maximum absolute atomic E-state index is 12.9. The number of amides is 1. The summed E-state index contributed by atoms with van der Waals surface area (Å²) < 4.78 is 5.49. The van der Waals surface area contributed by atoms with Crippen LogP contribution in [0.4, 0.5) is 0 Å². The van der Waals surface area contributed by atoms with Crippen LogP contribution in [0.1, 0.15) is 27.6 Å². The number of carboxylic acid groups (broad SMARTS) is 1. The van der Waals surface area contributed by atoms with Crippen LogP contribution in [0.15, 0.2) is 48.5 Å². The van der Waals surface area contributed by atoms with Gasteiger partial charge < -0.3 is 14.7 Å². The maximum atomic E-state index is 12.9. The molecule has 3 rings (SSSR count). The topological polar surface area (TPSA) is 66.8 Å². The zero-order chi connectivity index (χ0) is 17.1. The molecule has 124 valence electrons. The SMILES string of the molecule is CC1CN(C(=O)c2ccccc2-c2ccccc2C(=O)O)CCO1. The molecule has 0 aliphatic carbocycles. The Morgan fingerprint density at radius 2 is 1.62 bits per heavy atom. The van der Waals surface area contributed by atoms with Gasteiger partial charge in [-0.3, -0.25) is 4.79 Å². The monoisotopic (exact) mass is 325 g/mol. The predicted molar refractivity (Wildman–Crippen MR) is 90.2 cm³/mol. The Morgan fingerprint density at radius 3 is 2.25 bits per heavy atom. The molecule has 0 bridgehead atoms. The van der Waals surface area contributed by atoms with E-state index in [1.807, 2.05) is 13.0 Å². The van der Waals surface area contributed by atoms with Crippen molar-refractivity contribution in [2.45, 2.75) is 13.0 Å². The van der Waals surface area contributed by atoms with Crippen LogP contribution in [-0.2, 0) is 4.74 Å². The van der Waals surface area contributed by atoms with Crippen molar-refractivity contribution in [1.82, 2.24) is 4.90 Å². The summed E-state index contributed by atoms with van der Waals surface area (Å²) in [6, 6.07) is 13.9. The van der Waals surface area contributed by atoms with Gasteiger partial charge in [0.15, 0.2) is 0 Å². The highest BCUT2D eigenvalue weighted by molar-refractivity contribution is 6.04. The summed E-state index contributed by atoms with van der Waals surface area (Å²) in [5, 5.41) is 9.43. The van der Waals surface area contributed by atoms with Crippen LogP contribution in [0, 0.1) is 0 Å². The zero-order valence-corrected chi connectivity index (χ0v) is 13.4. The molecule has 1 fully saturated rings. The summed E-state index contributed by atoms with van der Waals surface area (Å²) in [6.45, 7) is 3.53. The second kappa shape index (κ2) is 6.84. The first-order chi connectivity index (χ1) is 11.6. The number of morpholine rings is 1. The van der Waals surface area contributed by atoms with Gasteiger partial charge in [0.1, 0.15) is 0 Å². The van der Waals surface area contributed by atoms with Crippen molar-refractivity contribution in [1.29, 1.82) is 0 Å². The number of hydrogen-bond acceptors (Lipinski definition) is 3. The molecule has 1 unspecified atom stereocenters. The summed E-state index contributed by atoms with van der Waals surface area (Å²) in [5.41, 5.74) is 1.89. The second-order valence-electron chi connectivity index (χ2n) is 5.83. The fourth-order valence-corrected chi connectivity index (χ4v) is 2.98. The average Bonchev–Trinajstić information content (AvgIpc) is 2.61. The summed E-state index contributed by atoms with van der Waals surface area (Å²) in [4.78, 5) is 26.2. The third kappa shape index (κ3) is 3.16. The Bertz CT molecular complexity index is 771. The molecule has 1 heterocycles. The van der Waals surface area contributed by atoms with Crippen molar-refractivity contribution in [3.63, 3.8) is 0 Å². The number of carbonyl (C=O) groups is 2. The standard InChI is InChI=1S/C19H19NO4/c1-13-12-20(10-11-24-13)18(21)16-8-4-2-6-14(16)15-7-3-5-9-17(15)19(22)23/h2-9,13H,10-12H2,1H3,(H,22,23). The van der Waals surface area contributed by atoms with Crippen LogP contribution in [0.2, 0.25) is 0 Å². The average molecular weight is 325 g/mol. The highest BCUT2D eigenvalue weighted by Crippen LogP contribution is 2.28. The lowest BCUT2D eigenvalue weighted by atomic mass is 9.94. The largest absolute Gasteiger partial charge is 0.478 e. The molecule has 1 N–H and O–H groups in total. The molecule has 5 heteroatoms. The van der Waals surface area contributed by atoms with Gasteiger partial charge in [-0.1, -0.05) is 36.4 Å². The summed E-state index contributed by atoms with van der Waals surface area (Å²) >= 11 is 0. The maximum Gasteiger partial charge on any atom is 0.336 e. The molecule has 0 aromatic heterocycles. The molecule has 1 amide bonds. The summed E-state index contributed by atoms with van der Waals surface area (Å²) in [7, 11) is 0. The molecule has 1 aliphatic heterocycles. The number of carbonyl (C=O) groups excluding carboxylic acids is 1. The molecule has 2 aromatic carbocycles. The van der Waals surface area contributed by atoms with E-state index in [9.17, 15) is 14.7 Å². The zero-order valence-electron chi connectivity index (χ0n) is 13.4. The first-order valence-corrected chi connectivity index (χ1v) is 7.90. The molecule has 1 aliphatic rings. The van der Waals surface area contributed by atoms with Gasteiger partial charge >= 0.3 is 5.97 Å². The number of nitrogens with zero attached hydrogens (tertiary/aromatic N) is 1. The van der Waals surface area contributed by atoms with Crippen molar-refractivity contribution >= 4 is 11.9 Å². The van der Waals surface area contributed by atoms with E-state index in [0.29, 0.717) is 36.4 Å². The van der Waals surface area contributed by atoms with Gasteiger partial charge in [-0.15, -0.1) is 0 Å². The Labute approximate surface area is 140 Å². The second-order valence-corrected chi connectivity index (χ2v) is 5.83. The van der Waals surface area contributed by atoms with Gasteiger partial charge in [-0.05, 0) is 30.2 Å². The van der Waals surface area contributed by atoms with Crippen LogP contribution in [-0.4, -0.2) is 47.7 Å². The van der Waals surface area contributed by atoms with Crippen molar-refractivity contribution in [2.24, 2.45) is 0 Å². The van der Waals surface area contributed by atoms with Crippen LogP contribution in [0.25, 0.3) is 11.1 Å². The van der Waals surface area contributed by atoms with Gasteiger partial charge in [0.25, 0.3) is 5.91 Å². The van der Waals surface area contributed by atoms with Gasteiger partial charge in [0.2, 0.25) is 0 Å². The van der Waals surface area contributed by atoms with E-state index >= 15 is 0 Å². The lowest BCUT2D eigenvalue weighted by Gasteiger charge is -2.31. The van der Waals surface area contributed by atoms with Crippen molar-refractivity contribution in [2.75, 3.05) is 19.7 Å². The van der Waals surface area contributed by atoms with E-state index in [2.05, 4.69) is 0 Å². The van der Waals surface area contributed by atoms with Crippen LogP contribution >= 0.6 is 0 Å². The van der Waals surface area contributed by atoms with Crippen LogP contribution in [0.3, 0.4) is 0 Å². The summed E-state index contributed by atoms with van der Waals surface area (Å²) in [5.74, 6) is -1.10. The predicted octanol–water partition coefficient (Wildman–Crippen LogP) is 2.91. The number of rotatable bonds is 3. The quantitative estimate of drug-likeness (QED) is 0.942. The van der Waals surface area contributed by atoms with E-state index in [4.69, 9.17) is 4.74 Å². The number of benzene rings is 2. The van der Waals surface area contributed by atoms with Crippen molar-refractivity contribution < 1.29 is 19.4 Å². The van der Waals surface area contributed by atoms with Gasteiger partial charge in [-0.25, -0.2) is 4.79 Å². The van der Waals surface area contributed by atoms with Gasteiger partial charge in [0.05, 0.1) is 18.3 Å². The number of ether oxygens (including phenoxy) is 1.